The molecule has 0 amide bonds. The van der Waals surface area contributed by atoms with E-state index >= 15 is 0 Å². The van der Waals surface area contributed by atoms with Crippen LogP contribution in [0, 0.1) is 0 Å². The summed E-state index contributed by atoms with van der Waals surface area (Å²) in [6.07, 6.45) is 1.10. The normalized spacial score (nSPS) is 41.0. The summed E-state index contributed by atoms with van der Waals surface area (Å²) in [5.74, 6) is 0. The van der Waals surface area contributed by atoms with Gasteiger partial charge in [-0.25, -0.2) is 0 Å². The fourth-order valence-corrected chi connectivity index (χ4v) is 0.293. The molecule has 0 saturated carbocycles. The second-order valence-corrected chi connectivity index (χ2v) is 1.55. The fraction of sp³-hybridized carbons (Fsp3) is 1.00. The number of epoxide rings is 1. The predicted molar refractivity (Wildman–Crippen MR) is 28.6 cm³/mol. The summed E-state index contributed by atoms with van der Waals surface area (Å²) in [5.41, 5.74) is 0. The quantitative estimate of drug-likeness (QED) is 0.304. The van der Waals surface area contributed by atoms with E-state index in [1.807, 2.05) is 0 Å². The van der Waals surface area contributed by atoms with Crippen molar-refractivity contribution in [1.29, 1.82) is 0 Å². The Balaban J connectivity index is 0.000000250. The van der Waals surface area contributed by atoms with Gasteiger partial charge in [0.05, 0.1) is 12.2 Å². The maximum absolute atomic E-state index is 4.92. The molecule has 0 bridgehead atoms. The molecule has 0 N–H and O–H groups in total. The number of hydrogen-bond donors (Lipinski definition) is 0. The molecule has 1 saturated heterocycles. The van der Waals surface area contributed by atoms with Gasteiger partial charge in [-0.3, -0.25) is 0 Å². The molecule has 2 atom stereocenters. The Labute approximate surface area is 54.2 Å². The molecular weight excluding hydrogens is 88.3 g/mol. The van der Waals surface area contributed by atoms with E-state index in [2.05, 4.69) is 13.8 Å². The van der Waals surface area contributed by atoms with Crippen LogP contribution in [-0.4, -0.2) is 35.3 Å². The molecule has 34 valence electrons. The Kier molecular flexibility index (Phi) is 2.40. The molecule has 0 radical (unpaired) electrons. The minimum atomic E-state index is 0. The van der Waals surface area contributed by atoms with Crippen molar-refractivity contribution in [3.05, 3.63) is 0 Å². The SMILES string of the molecule is CC1OC1C.[MgH2]. The van der Waals surface area contributed by atoms with Gasteiger partial charge in [-0.05, 0) is 13.8 Å². The molecule has 0 aromatic rings. The zero-order valence-electron chi connectivity index (χ0n) is 3.56. The molecule has 1 rings (SSSR count). The Morgan fingerprint density at radius 3 is 1.33 bits per heavy atom. The van der Waals surface area contributed by atoms with Crippen LogP contribution in [0.2, 0.25) is 0 Å². The van der Waals surface area contributed by atoms with Gasteiger partial charge in [0, 0.05) is 0 Å². The number of rotatable bonds is 0. The first-order valence-electron chi connectivity index (χ1n) is 1.96. The molecule has 2 heteroatoms. The lowest BCUT2D eigenvalue weighted by molar-refractivity contribution is 0.389. The van der Waals surface area contributed by atoms with E-state index in [0.29, 0.717) is 12.2 Å². The molecule has 0 aromatic heterocycles. The Morgan fingerprint density at radius 1 is 1.17 bits per heavy atom. The Morgan fingerprint density at radius 2 is 1.33 bits per heavy atom. The topological polar surface area (TPSA) is 12.5 Å². The molecule has 1 fully saturated rings. The molecule has 1 heterocycles. The van der Waals surface area contributed by atoms with Crippen LogP contribution < -0.4 is 0 Å². The second-order valence-electron chi connectivity index (χ2n) is 1.55. The summed E-state index contributed by atoms with van der Waals surface area (Å²) >= 11 is 0. The van der Waals surface area contributed by atoms with Gasteiger partial charge in [-0.15, -0.1) is 0 Å². The van der Waals surface area contributed by atoms with Crippen LogP contribution in [0.4, 0.5) is 0 Å². The maximum atomic E-state index is 4.92. The van der Waals surface area contributed by atoms with E-state index < -0.39 is 0 Å². The van der Waals surface area contributed by atoms with Crippen molar-refractivity contribution >= 4 is 23.1 Å². The first kappa shape index (κ1) is 6.73. The van der Waals surface area contributed by atoms with Crippen LogP contribution in [0.3, 0.4) is 0 Å². The predicted octanol–water partition coefficient (Wildman–Crippen LogP) is -0.123. The molecule has 1 nitrogen and oxygen atoms in total. The summed E-state index contributed by atoms with van der Waals surface area (Å²) in [6, 6.07) is 0. The van der Waals surface area contributed by atoms with Gasteiger partial charge in [0.2, 0.25) is 0 Å². The highest BCUT2D eigenvalue weighted by atomic mass is 24.3. The van der Waals surface area contributed by atoms with Crippen LogP contribution in [0.1, 0.15) is 13.8 Å². The third-order valence-electron chi connectivity index (χ3n) is 1.01. The zero-order chi connectivity index (χ0) is 3.86. The third-order valence-corrected chi connectivity index (χ3v) is 1.01. The molecule has 0 aromatic carbocycles. The highest BCUT2D eigenvalue weighted by Crippen LogP contribution is 2.18. The van der Waals surface area contributed by atoms with Crippen molar-refractivity contribution in [3.63, 3.8) is 0 Å². The lowest BCUT2D eigenvalue weighted by atomic mass is 10.4. The summed E-state index contributed by atoms with van der Waals surface area (Å²) in [7, 11) is 0. The van der Waals surface area contributed by atoms with Crippen molar-refractivity contribution in [1.82, 2.24) is 0 Å². The van der Waals surface area contributed by atoms with E-state index in [4.69, 9.17) is 4.74 Å². The zero-order valence-corrected chi connectivity index (χ0v) is 3.56. The van der Waals surface area contributed by atoms with Gasteiger partial charge in [0.25, 0.3) is 0 Å². The van der Waals surface area contributed by atoms with Crippen molar-refractivity contribution in [3.8, 4) is 0 Å². The highest BCUT2D eigenvalue weighted by Gasteiger charge is 2.27. The first-order valence-corrected chi connectivity index (χ1v) is 1.96. The average molecular weight is 98.4 g/mol. The van der Waals surface area contributed by atoms with Gasteiger partial charge in [0.15, 0.2) is 0 Å². The van der Waals surface area contributed by atoms with E-state index in [1.165, 1.54) is 0 Å². The lowest BCUT2D eigenvalue weighted by Crippen LogP contribution is -1.74. The molecule has 2 unspecified atom stereocenters. The summed E-state index contributed by atoms with van der Waals surface area (Å²) in [6.45, 7) is 4.15. The van der Waals surface area contributed by atoms with Gasteiger partial charge >= 0.3 is 23.1 Å². The van der Waals surface area contributed by atoms with Crippen LogP contribution >= 0.6 is 0 Å². The first-order chi connectivity index (χ1) is 2.30. The monoisotopic (exact) mass is 98.1 g/mol. The van der Waals surface area contributed by atoms with Crippen molar-refractivity contribution in [2.24, 2.45) is 0 Å². The van der Waals surface area contributed by atoms with Crippen LogP contribution in [0.5, 0.6) is 0 Å². The van der Waals surface area contributed by atoms with Crippen molar-refractivity contribution < 1.29 is 4.74 Å². The van der Waals surface area contributed by atoms with Gasteiger partial charge in [-0.1, -0.05) is 0 Å². The minimum absolute atomic E-state index is 0. The Bertz CT molecular complexity index is 40.8. The standard InChI is InChI=1S/C4H8O.Mg.2H/c1-3-4(2)5-3;;;/h3-4H,1-2H3;;;. The maximum Gasteiger partial charge on any atom is 0.316 e. The van der Waals surface area contributed by atoms with Crippen molar-refractivity contribution in [2.45, 2.75) is 26.1 Å². The van der Waals surface area contributed by atoms with Gasteiger partial charge in [-0.2, -0.15) is 0 Å². The number of ether oxygens (including phenoxy) is 1. The van der Waals surface area contributed by atoms with Gasteiger partial charge in [0.1, 0.15) is 0 Å². The smallest absolute Gasteiger partial charge is 0.316 e. The molecule has 1 aliphatic rings. The molecule has 1 aliphatic heterocycles. The Hall–Kier alpha value is 0.726. The summed E-state index contributed by atoms with van der Waals surface area (Å²) < 4.78 is 4.92. The minimum Gasteiger partial charge on any atom is -0.370 e. The number of hydrogen-bond acceptors (Lipinski definition) is 1. The molecule has 0 aliphatic carbocycles. The van der Waals surface area contributed by atoms with Crippen LogP contribution in [-0.2, 0) is 4.74 Å². The van der Waals surface area contributed by atoms with Gasteiger partial charge < -0.3 is 4.74 Å². The average Bonchev–Trinajstić information content (AvgIpc) is 1.79. The summed E-state index contributed by atoms with van der Waals surface area (Å²) in [5, 5.41) is 0. The van der Waals surface area contributed by atoms with E-state index in [0.717, 1.165) is 0 Å². The molecule has 0 spiro atoms. The molecular formula is C4H10MgO. The molecule has 6 heavy (non-hydrogen) atoms. The van der Waals surface area contributed by atoms with E-state index in [1.54, 1.807) is 0 Å². The largest absolute Gasteiger partial charge is 0.370 e. The lowest BCUT2D eigenvalue weighted by Gasteiger charge is -1.57. The van der Waals surface area contributed by atoms with E-state index in [-0.39, 0.29) is 23.1 Å². The summed E-state index contributed by atoms with van der Waals surface area (Å²) in [4.78, 5) is 0. The fourth-order valence-electron chi connectivity index (χ4n) is 0.293. The second kappa shape index (κ2) is 2.14. The highest BCUT2D eigenvalue weighted by molar-refractivity contribution is 5.75. The van der Waals surface area contributed by atoms with Crippen LogP contribution in [0.15, 0.2) is 0 Å². The third kappa shape index (κ3) is 1.45. The van der Waals surface area contributed by atoms with E-state index in [9.17, 15) is 0 Å². The van der Waals surface area contributed by atoms with Crippen LogP contribution in [0.25, 0.3) is 0 Å². The van der Waals surface area contributed by atoms with Crippen molar-refractivity contribution in [2.75, 3.05) is 0 Å².